The number of rotatable bonds is 8. The minimum atomic E-state index is -2.92. The van der Waals surface area contributed by atoms with E-state index in [1.54, 1.807) is 24.3 Å². The lowest BCUT2D eigenvalue weighted by atomic mass is 9.86. The van der Waals surface area contributed by atoms with Crippen LogP contribution in [0.4, 0.5) is 0 Å². The van der Waals surface area contributed by atoms with E-state index in [-0.39, 0.29) is 32.4 Å². The molecule has 0 aromatic heterocycles. The van der Waals surface area contributed by atoms with Gasteiger partial charge in [-0.1, -0.05) is 164 Å². The van der Waals surface area contributed by atoms with Crippen LogP contribution in [0.2, 0.25) is 5.04 Å². The summed E-state index contributed by atoms with van der Waals surface area (Å²) in [5.74, 6) is -0.270. The van der Waals surface area contributed by atoms with Gasteiger partial charge in [0.05, 0.1) is 25.4 Å². The van der Waals surface area contributed by atoms with Crippen molar-refractivity contribution in [1.82, 2.24) is 0 Å². The Kier molecular flexibility index (Phi) is 16.1. The largest absolute Gasteiger partial charge is 0.399 e. The SMILES string of the molecule is C.C.CC1[C@H](O)C(O[Si](c2ccccc2)(c2ccccc2)C(C)(C)C)[C@H](c2ccccc2)O[C@@H]1CO.OC[C@H]1O[C@@H](c2ccccc2)C(O)[C@@H](O)C1O. The van der Waals surface area contributed by atoms with Crippen molar-refractivity contribution in [3.05, 3.63) is 132 Å². The third-order valence-corrected chi connectivity index (χ3v) is 15.2. The van der Waals surface area contributed by atoms with E-state index in [9.17, 15) is 25.5 Å². The Morgan fingerprint density at radius 1 is 0.547 bits per heavy atom. The van der Waals surface area contributed by atoms with Crippen molar-refractivity contribution in [3.63, 3.8) is 0 Å². The fourth-order valence-electron chi connectivity index (χ4n) is 7.25. The molecule has 10 atom stereocenters. The molecule has 10 heteroatoms. The lowest BCUT2D eigenvalue weighted by Crippen LogP contribution is -2.70. The van der Waals surface area contributed by atoms with Crippen molar-refractivity contribution in [2.75, 3.05) is 13.2 Å². The third-order valence-electron chi connectivity index (χ3n) is 10.1. The molecule has 6 N–H and O–H groups in total. The van der Waals surface area contributed by atoms with Crippen LogP contribution in [0.1, 0.15) is 65.9 Å². The van der Waals surface area contributed by atoms with Crippen molar-refractivity contribution in [3.8, 4) is 0 Å². The molecule has 290 valence electrons. The minimum Gasteiger partial charge on any atom is -0.399 e. The van der Waals surface area contributed by atoms with E-state index in [1.807, 2.05) is 55.5 Å². The summed E-state index contributed by atoms with van der Waals surface area (Å²) in [6.07, 6.45) is -7.80. The van der Waals surface area contributed by atoms with Crippen LogP contribution in [0, 0.1) is 5.92 Å². The van der Waals surface area contributed by atoms with Gasteiger partial charge in [-0.3, -0.25) is 0 Å². The maximum Gasteiger partial charge on any atom is 0.261 e. The fraction of sp³-hybridized carbons (Fsp3) is 0.442. The predicted molar refractivity (Wildman–Crippen MR) is 211 cm³/mol. The first kappa shape index (κ1) is 44.1. The Balaban J connectivity index is 0.000000337. The number of benzene rings is 4. The molecule has 0 aliphatic carbocycles. The standard InChI is InChI=1S/C29H36O4Si.C12H16O5.2CH4/c1-21-25(20-30)32-27(22-14-8-5-9-15-22)28(26(21)31)33-34(29(2,3)4,23-16-10-6-11-17-23)24-18-12-7-13-19-24;13-6-8-9(14)10(15)11(16)12(17-8)7-4-2-1-3-5-7;;/h5-19,21,25-28,30-31H,20H2,1-4H3;1-5,8-16H,6H2;2*1H4/t21?,25-,26+,27+,28?;8-,9?,10+,11?,12+;;/m11../s1. The maximum atomic E-state index is 11.6. The molecule has 0 bridgehead atoms. The normalized spacial score (nSPS) is 28.7. The Morgan fingerprint density at radius 3 is 1.36 bits per heavy atom. The maximum absolute atomic E-state index is 11.6. The zero-order chi connectivity index (χ0) is 36.8. The van der Waals surface area contributed by atoms with Gasteiger partial charge in [0, 0.05) is 5.92 Å². The molecule has 0 saturated carbocycles. The number of aliphatic hydroxyl groups excluding tert-OH is 6. The number of aliphatic hydroxyl groups is 6. The van der Waals surface area contributed by atoms with Gasteiger partial charge in [0.2, 0.25) is 0 Å². The first-order chi connectivity index (χ1) is 24.4. The van der Waals surface area contributed by atoms with Crippen molar-refractivity contribution in [1.29, 1.82) is 0 Å². The van der Waals surface area contributed by atoms with Crippen LogP contribution in [0.5, 0.6) is 0 Å². The number of hydrogen-bond donors (Lipinski definition) is 6. The Labute approximate surface area is 316 Å². The molecule has 6 rings (SSSR count). The lowest BCUT2D eigenvalue weighted by molar-refractivity contribution is -0.231. The van der Waals surface area contributed by atoms with E-state index in [0.717, 1.165) is 15.9 Å². The van der Waals surface area contributed by atoms with Gasteiger partial charge < -0.3 is 44.5 Å². The molecule has 2 aliphatic rings. The second-order valence-corrected chi connectivity index (χ2v) is 18.7. The minimum absolute atomic E-state index is 0. The molecule has 4 unspecified atom stereocenters. The summed E-state index contributed by atoms with van der Waals surface area (Å²) < 4.78 is 19.2. The van der Waals surface area contributed by atoms with Gasteiger partial charge in [0.25, 0.3) is 8.32 Å². The second-order valence-electron chi connectivity index (χ2n) is 14.4. The highest BCUT2D eigenvalue weighted by Crippen LogP contribution is 2.43. The van der Waals surface area contributed by atoms with Crippen LogP contribution in [-0.4, -0.2) is 94.9 Å². The molecule has 2 fully saturated rings. The van der Waals surface area contributed by atoms with Crippen LogP contribution < -0.4 is 10.4 Å². The molecular weight excluding hydrogens is 689 g/mol. The fourth-order valence-corrected chi connectivity index (χ4v) is 11.9. The summed E-state index contributed by atoms with van der Waals surface area (Å²) in [7, 11) is -2.92. The van der Waals surface area contributed by atoms with E-state index in [2.05, 4.69) is 69.3 Å². The summed E-state index contributed by atoms with van der Waals surface area (Å²) in [5, 5.41) is 61.8. The number of ether oxygens (including phenoxy) is 2. The van der Waals surface area contributed by atoms with Gasteiger partial charge in [-0.2, -0.15) is 0 Å². The topological polar surface area (TPSA) is 149 Å². The molecule has 2 aliphatic heterocycles. The van der Waals surface area contributed by atoms with Crippen molar-refractivity contribution in [2.24, 2.45) is 5.92 Å². The predicted octanol–water partition coefficient (Wildman–Crippen LogP) is 4.53. The molecule has 0 spiro atoms. The monoisotopic (exact) mass is 748 g/mol. The Bertz CT molecular complexity index is 1570. The van der Waals surface area contributed by atoms with Gasteiger partial charge in [-0.25, -0.2) is 0 Å². The summed E-state index contributed by atoms with van der Waals surface area (Å²) in [6, 6.07) is 39.7. The van der Waals surface area contributed by atoms with E-state index < -0.39 is 69.9 Å². The van der Waals surface area contributed by atoms with Crippen LogP contribution in [0.3, 0.4) is 0 Å². The van der Waals surface area contributed by atoms with E-state index in [4.69, 9.17) is 19.0 Å². The first-order valence-electron chi connectivity index (χ1n) is 17.6. The average Bonchev–Trinajstić information content (AvgIpc) is 3.16. The van der Waals surface area contributed by atoms with Crippen molar-refractivity contribution in [2.45, 2.75) is 103 Å². The average molecular weight is 749 g/mol. The van der Waals surface area contributed by atoms with Crippen LogP contribution in [-0.2, 0) is 13.9 Å². The van der Waals surface area contributed by atoms with Crippen molar-refractivity contribution >= 4 is 18.7 Å². The molecule has 2 heterocycles. The first-order valence-corrected chi connectivity index (χ1v) is 19.5. The Hall–Kier alpha value is -3.26. The van der Waals surface area contributed by atoms with Gasteiger partial charge >= 0.3 is 0 Å². The van der Waals surface area contributed by atoms with Gasteiger partial charge in [-0.15, -0.1) is 0 Å². The van der Waals surface area contributed by atoms with Gasteiger partial charge in [-0.05, 0) is 26.5 Å². The molecule has 4 aromatic carbocycles. The van der Waals surface area contributed by atoms with Gasteiger partial charge in [0.15, 0.2) is 0 Å². The highest BCUT2D eigenvalue weighted by Gasteiger charge is 2.55. The molecule has 0 radical (unpaired) electrons. The van der Waals surface area contributed by atoms with Crippen molar-refractivity contribution < 1.29 is 44.5 Å². The van der Waals surface area contributed by atoms with Crippen LogP contribution in [0.25, 0.3) is 0 Å². The quantitative estimate of drug-likeness (QED) is 0.143. The third kappa shape index (κ3) is 9.34. The molecule has 9 nitrogen and oxygen atoms in total. The highest BCUT2D eigenvalue weighted by atomic mass is 28.4. The zero-order valence-corrected chi connectivity index (χ0v) is 30.6. The Morgan fingerprint density at radius 2 is 0.943 bits per heavy atom. The zero-order valence-electron chi connectivity index (χ0n) is 29.6. The smallest absolute Gasteiger partial charge is 0.261 e. The van der Waals surface area contributed by atoms with E-state index in [0.29, 0.717) is 5.56 Å². The van der Waals surface area contributed by atoms with Gasteiger partial charge in [0.1, 0.15) is 42.7 Å². The second kappa shape index (κ2) is 19.4. The molecule has 4 aromatic rings. The number of hydrogen-bond acceptors (Lipinski definition) is 9. The highest BCUT2D eigenvalue weighted by molar-refractivity contribution is 6.99. The summed E-state index contributed by atoms with van der Waals surface area (Å²) in [6.45, 7) is 8.06. The lowest BCUT2D eigenvalue weighted by Gasteiger charge is -2.50. The summed E-state index contributed by atoms with van der Waals surface area (Å²) in [4.78, 5) is 0. The molecule has 2 saturated heterocycles. The van der Waals surface area contributed by atoms with E-state index in [1.165, 1.54) is 0 Å². The van der Waals surface area contributed by atoms with Crippen LogP contribution >= 0.6 is 0 Å². The van der Waals surface area contributed by atoms with Crippen LogP contribution in [0.15, 0.2) is 121 Å². The molecule has 0 amide bonds. The molecular formula is C43H60O9Si. The summed E-state index contributed by atoms with van der Waals surface area (Å²) in [5.41, 5.74) is 1.64. The summed E-state index contributed by atoms with van der Waals surface area (Å²) >= 11 is 0. The molecule has 53 heavy (non-hydrogen) atoms. The van der Waals surface area contributed by atoms with E-state index >= 15 is 0 Å².